The van der Waals surface area contributed by atoms with E-state index < -0.39 is 0 Å². The van der Waals surface area contributed by atoms with Gasteiger partial charge in [0.15, 0.2) is 0 Å². The van der Waals surface area contributed by atoms with Crippen molar-refractivity contribution in [2.45, 2.75) is 63.7 Å². The van der Waals surface area contributed by atoms with Crippen molar-refractivity contribution in [1.29, 1.82) is 0 Å². The average molecular weight is 495 g/mol. The van der Waals surface area contributed by atoms with Crippen LogP contribution in [0.2, 0.25) is 0 Å². The molecular formula is C32H38N4O. The van der Waals surface area contributed by atoms with Gasteiger partial charge in [-0.05, 0) is 48.1 Å². The highest BCUT2D eigenvalue weighted by Gasteiger charge is 2.38. The number of hydrazine groups is 1. The Morgan fingerprint density at radius 2 is 1.86 bits per heavy atom. The highest BCUT2D eigenvalue weighted by molar-refractivity contribution is 5.95. The summed E-state index contributed by atoms with van der Waals surface area (Å²) in [5, 5.41) is 3.12. The van der Waals surface area contributed by atoms with Crippen molar-refractivity contribution in [3.8, 4) is 11.1 Å². The number of aromatic nitrogens is 2. The van der Waals surface area contributed by atoms with Gasteiger partial charge in [-0.2, -0.15) is 0 Å². The van der Waals surface area contributed by atoms with E-state index in [0.717, 1.165) is 24.1 Å². The average Bonchev–Trinajstić information content (AvgIpc) is 3.40. The van der Waals surface area contributed by atoms with Crippen molar-refractivity contribution in [3.63, 3.8) is 0 Å². The fourth-order valence-corrected chi connectivity index (χ4v) is 5.81. The highest BCUT2D eigenvalue weighted by atomic mass is 16.2. The van der Waals surface area contributed by atoms with E-state index in [1.54, 1.807) is 0 Å². The number of para-hydroxylation sites is 1. The van der Waals surface area contributed by atoms with Gasteiger partial charge in [0, 0.05) is 59.5 Å². The summed E-state index contributed by atoms with van der Waals surface area (Å²) in [7, 11) is 0. The zero-order valence-corrected chi connectivity index (χ0v) is 22.0. The molecule has 2 aromatic carbocycles. The minimum Gasteiger partial charge on any atom is -0.361 e. The number of nitrogens with one attached hydrogen (secondary N) is 2. The number of hydrogen-bond acceptors (Lipinski definition) is 3. The van der Waals surface area contributed by atoms with Crippen LogP contribution < -0.4 is 5.43 Å². The van der Waals surface area contributed by atoms with Crippen LogP contribution in [-0.4, -0.2) is 34.0 Å². The molecule has 2 N–H and O–H groups in total. The first-order valence-electron chi connectivity index (χ1n) is 13.7. The number of carbonyl (C=O) groups is 1. The second-order valence-corrected chi connectivity index (χ2v) is 10.5. The SMILES string of the molecule is CCC(=O)N(CC1(c2ccccn2)CCCCC1)NC[C@@H](C)c1cccc(-c2c[nH]c3ccccc23)c1. The minimum absolute atomic E-state index is 0.0875. The number of fused-ring (bicyclic) bond motifs is 1. The van der Waals surface area contributed by atoms with E-state index in [9.17, 15) is 4.79 Å². The number of aromatic amines is 1. The Balaban J connectivity index is 1.33. The molecular weight excluding hydrogens is 456 g/mol. The summed E-state index contributed by atoms with van der Waals surface area (Å²) < 4.78 is 0. The molecule has 5 heteroatoms. The lowest BCUT2D eigenvalue weighted by molar-refractivity contribution is -0.135. The van der Waals surface area contributed by atoms with Gasteiger partial charge in [-0.3, -0.25) is 14.8 Å². The molecule has 192 valence electrons. The Morgan fingerprint density at radius 3 is 2.65 bits per heavy atom. The quantitative estimate of drug-likeness (QED) is 0.247. The second-order valence-electron chi connectivity index (χ2n) is 10.5. The molecule has 5 rings (SSSR count). The van der Waals surface area contributed by atoms with Crippen molar-refractivity contribution < 1.29 is 4.79 Å². The van der Waals surface area contributed by atoms with Gasteiger partial charge in [0.05, 0.1) is 0 Å². The van der Waals surface area contributed by atoms with Crippen LogP contribution >= 0.6 is 0 Å². The summed E-state index contributed by atoms with van der Waals surface area (Å²) in [6.07, 6.45) is 10.2. The molecule has 0 saturated heterocycles. The maximum Gasteiger partial charge on any atom is 0.236 e. The highest BCUT2D eigenvalue weighted by Crippen LogP contribution is 2.39. The minimum atomic E-state index is -0.0875. The summed E-state index contributed by atoms with van der Waals surface area (Å²) in [5.41, 5.74) is 9.41. The van der Waals surface area contributed by atoms with Gasteiger partial charge in [-0.15, -0.1) is 0 Å². The van der Waals surface area contributed by atoms with Gasteiger partial charge in [0.1, 0.15) is 0 Å². The number of hydrogen-bond donors (Lipinski definition) is 2. The molecule has 0 spiro atoms. The number of nitrogens with zero attached hydrogens (tertiary/aromatic N) is 2. The lowest BCUT2D eigenvalue weighted by Crippen LogP contribution is -2.52. The van der Waals surface area contributed by atoms with Crippen molar-refractivity contribution in [2.75, 3.05) is 13.1 Å². The second kappa shape index (κ2) is 11.3. The number of benzene rings is 2. The van der Waals surface area contributed by atoms with Gasteiger partial charge in [-0.25, -0.2) is 5.43 Å². The molecule has 0 radical (unpaired) electrons. The third-order valence-electron chi connectivity index (χ3n) is 8.03. The first-order chi connectivity index (χ1) is 18.1. The van der Waals surface area contributed by atoms with Crippen LogP contribution in [-0.2, 0) is 10.2 Å². The van der Waals surface area contributed by atoms with E-state index in [2.05, 4.69) is 84.2 Å². The lowest BCUT2D eigenvalue weighted by atomic mass is 9.71. The molecule has 2 aromatic heterocycles. The Bertz CT molecular complexity index is 1320. The molecule has 1 atom stereocenters. The Hall–Kier alpha value is -3.44. The first kappa shape index (κ1) is 25.2. The van der Waals surface area contributed by atoms with Crippen molar-refractivity contribution in [3.05, 3.63) is 90.4 Å². The van der Waals surface area contributed by atoms with Crippen LogP contribution in [0.25, 0.3) is 22.0 Å². The van der Waals surface area contributed by atoms with Gasteiger partial charge in [-0.1, -0.05) is 81.6 Å². The fourth-order valence-electron chi connectivity index (χ4n) is 5.81. The molecule has 37 heavy (non-hydrogen) atoms. The molecule has 2 heterocycles. The topological polar surface area (TPSA) is 61.0 Å². The summed E-state index contributed by atoms with van der Waals surface area (Å²) in [5.74, 6) is 0.384. The normalized spacial score (nSPS) is 15.9. The van der Waals surface area contributed by atoms with E-state index in [-0.39, 0.29) is 17.2 Å². The monoisotopic (exact) mass is 494 g/mol. The molecule has 0 unspecified atom stereocenters. The summed E-state index contributed by atoms with van der Waals surface area (Å²) in [4.78, 5) is 21.2. The first-order valence-corrected chi connectivity index (χ1v) is 13.7. The van der Waals surface area contributed by atoms with Gasteiger partial charge >= 0.3 is 0 Å². The third kappa shape index (κ3) is 5.47. The summed E-state index contributed by atoms with van der Waals surface area (Å²) in [6.45, 7) is 5.53. The largest absolute Gasteiger partial charge is 0.361 e. The summed E-state index contributed by atoms with van der Waals surface area (Å²) >= 11 is 0. The molecule has 1 fully saturated rings. The van der Waals surface area contributed by atoms with E-state index in [0.29, 0.717) is 19.5 Å². The van der Waals surface area contributed by atoms with E-state index in [1.807, 2.05) is 24.2 Å². The predicted octanol–water partition coefficient (Wildman–Crippen LogP) is 6.98. The number of carbonyl (C=O) groups excluding carboxylic acids is 1. The van der Waals surface area contributed by atoms with E-state index >= 15 is 0 Å². The number of rotatable bonds is 9. The molecule has 1 aliphatic carbocycles. The summed E-state index contributed by atoms with van der Waals surface area (Å²) in [6, 6.07) is 23.4. The van der Waals surface area contributed by atoms with Gasteiger partial charge < -0.3 is 4.98 Å². The molecule has 4 aromatic rings. The smallest absolute Gasteiger partial charge is 0.236 e. The zero-order valence-electron chi connectivity index (χ0n) is 22.0. The molecule has 0 bridgehead atoms. The molecule has 0 aliphatic heterocycles. The number of H-pyrrole nitrogens is 1. The standard InChI is InChI=1S/C32H38N4O/c1-3-31(37)36(23-32(17-8-4-9-18-32)30-16-7-10-19-33-30)35-21-24(2)25-12-11-13-26(20-25)28-22-34-29-15-6-5-14-27(28)29/h5-7,10-16,19-20,22,24,34-35H,3-4,8-9,17-18,21,23H2,1-2H3/t24-/m1/s1. The van der Waals surface area contributed by atoms with Crippen LogP contribution in [0.15, 0.2) is 79.1 Å². The van der Waals surface area contributed by atoms with Crippen LogP contribution in [0.4, 0.5) is 0 Å². The van der Waals surface area contributed by atoms with E-state index in [1.165, 1.54) is 41.3 Å². The van der Waals surface area contributed by atoms with Gasteiger partial charge in [0.2, 0.25) is 5.91 Å². The van der Waals surface area contributed by atoms with Crippen LogP contribution in [0.3, 0.4) is 0 Å². The van der Waals surface area contributed by atoms with Crippen molar-refractivity contribution in [2.24, 2.45) is 0 Å². The molecule has 1 aliphatic rings. The van der Waals surface area contributed by atoms with Crippen LogP contribution in [0.1, 0.15) is 69.5 Å². The van der Waals surface area contributed by atoms with E-state index in [4.69, 9.17) is 4.98 Å². The molecule has 5 nitrogen and oxygen atoms in total. The Kier molecular flexibility index (Phi) is 7.71. The Morgan fingerprint density at radius 1 is 1.05 bits per heavy atom. The van der Waals surface area contributed by atoms with Crippen molar-refractivity contribution in [1.82, 2.24) is 20.4 Å². The predicted molar refractivity (Wildman–Crippen MR) is 151 cm³/mol. The number of amides is 1. The molecule has 1 saturated carbocycles. The Labute approximate surface area is 220 Å². The van der Waals surface area contributed by atoms with Crippen molar-refractivity contribution >= 4 is 16.8 Å². The third-order valence-corrected chi connectivity index (χ3v) is 8.03. The van der Waals surface area contributed by atoms with Gasteiger partial charge in [0.25, 0.3) is 0 Å². The molecule has 1 amide bonds. The maximum atomic E-state index is 13.1. The zero-order chi connectivity index (χ0) is 25.7. The number of pyridine rings is 1. The van der Waals surface area contributed by atoms with Crippen LogP contribution in [0.5, 0.6) is 0 Å². The maximum absolute atomic E-state index is 13.1. The fraction of sp³-hybridized carbons (Fsp3) is 0.375. The van der Waals surface area contributed by atoms with Crippen LogP contribution in [0, 0.1) is 0 Å². The lowest BCUT2D eigenvalue weighted by Gasteiger charge is -2.41.